The quantitative estimate of drug-likeness (QED) is 0.558. The minimum Gasteiger partial charge on any atom is -0.488 e. The van der Waals surface area contributed by atoms with Crippen molar-refractivity contribution in [3.05, 3.63) is 78.5 Å². The highest BCUT2D eigenvalue weighted by molar-refractivity contribution is 5.74. The highest BCUT2D eigenvalue weighted by atomic mass is 16.5. The highest BCUT2D eigenvalue weighted by Gasteiger charge is 2.13. The molecule has 0 saturated heterocycles. The van der Waals surface area contributed by atoms with E-state index in [4.69, 9.17) is 9.15 Å². The van der Waals surface area contributed by atoms with E-state index in [-0.39, 0.29) is 0 Å². The van der Waals surface area contributed by atoms with Crippen LogP contribution in [-0.4, -0.2) is 9.97 Å². The molecule has 112 valence electrons. The van der Waals surface area contributed by atoms with Crippen molar-refractivity contribution in [2.24, 2.45) is 0 Å². The number of ether oxygens (including phenoxy) is 1. The molecule has 2 aromatic heterocycles. The molecule has 0 N–H and O–H groups in total. The molecular weight excluding hydrogens is 288 g/mol. The minimum absolute atomic E-state index is 0.496. The molecule has 0 unspecified atom stereocenters. The Morgan fingerprint density at radius 2 is 1.70 bits per heavy atom. The van der Waals surface area contributed by atoms with Crippen LogP contribution in [-0.2, 0) is 6.61 Å². The Hall–Kier alpha value is -3.14. The Morgan fingerprint density at radius 3 is 2.57 bits per heavy atom. The van der Waals surface area contributed by atoms with Gasteiger partial charge in [-0.15, -0.1) is 0 Å². The molecule has 0 aliphatic heterocycles. The van der Waals surface area contributed by atoms with E-state index >= 15 is 0 Å². The van der Waals surface area contributed by atoms with Crippen LogP contribution in [0.25, 0.3) is 22.7 Å². The summed E-state index contributed by atoms with van der Waals surface area (Å²) < 4.78 is 11.7. The third kappa shape index (κ3) is 2.79. The van der Waals surface area contributed by atoms with Gasteiger partial charge in [0, 0.05) is 6.20 Å². The van der Waals surface area contributed by atoms with E-state index in [9.17, 15) is 0 Å². The van der Waals surface area contributed by atoms with E-state index in [1.165, 1.54) is 0 Å². The summed E-state index contributed by atoms with van der Waals surface area (Å²) in [5, 5.41) is 0. The van der Waals surface area contributed by atoms with Gasteiger partial charge >= 0.3 is 0 Å². The SMILES string of the molecule is c1ccc(COc2ccccc2-c2nc3cccnc3o2)cc1. The van der Waals surface area contributed by atoms with Crippen molar-refractivity contribution in [2.75, 3.05) is 0 Å². The van der Waals surface area contributed by atoms with Crippen molar-refractivity contribution >= 4 is 11.2 Å². The third-order valence-corrected chi connectivity index (χ3v) is 3.52. The van der Waals surface area contributed by atoms with E-state index in [2.05, 4.69) is 9.97 Å². The lowest BCUT2D eigenvalue weighted by atomic mass is 10.2. The molecule has 0 spiro atoms. The van der Waals surface area contributed by atoms with Gasteiger partial charge in [0.05, 0.1) is 5.56 Å². The van der Waals surface area contributed by atoms with E-state index < -0.39 is 0 Å². The first-order valence-electron chi connectivity index (χ1n) is 7.38. The highest BCUT2D eigenvalue weighted by Crippen LogP contribution is 2.31. The average Bonchev–Trinajstić information content (AvgIpc) is 3.05. The number of benzene rings is 2. The first kappa shape index (κ1) is 13.5. The smallest absolute Gasteiger partial charge is 0.247 e. The number of fused-ring (bicyclic) bond motifs is 1. The molecule has 4 heteroatoms. The molecule has 0 radical (unpaired) electrons. The van der Waals surface area contributed by atoms with Crippen molar-refractivity contribution in [3.63, 3.8) is 0 Å². The maximum absolute atomic E-state index is 5.95. The summed E-state index contributed by atoms with van der Waals surface area (Å²) in [4.78, 5) is 8.67. The van der Waals surface area contributed by atoms with E-state index in [0.717, 1.165) is 22.4 Å². The molecule has 2 aromatic carbocycles. The zero-order valence-corrected chi connectivity index (χ0v) is 12.3. The molecular formula is C19H14N2O2. The Morgan fingerprint density at radius 1 is 0.870 bits per heavy atom. The number of aromatic nitrogens is 2. The van der Waals surface area contributed by atoms with E-state index in [0.29, 0.717) is 18.2 Å². The standard InChI is InChI=1S/C19H14N2O2/c1-2-7-14(8-3-1)13-22-17-11-5-4-9-15(17)18-21-16-10-6-12-20-19(16)23-18/h1-12H,13H2. The fourth-order valence-corrected chi connectivity index (χ4v) is 2.39. The van der Waals surface area contributed by atoms with Gasteiger partial charge in [-0.3, -0.25) is 0 Å². The molecule has 0 amide bonds. The second-order valence-corrected chi connectivity index (χ2v) is 5.12. The molecule has 23 heavy (non-hydrogen) atoms. The second-order valence-electron chi connectivity index (χ2n) is 5.12. The normalized spacial score (nSPS) is 10.8. The molecule has 2 heterocycles. The van der Waals surface area contributed by atoms with Crippen molar-refractivity contribution in [1.82, 2.24) is 9.97 Å². The lowest BCUT2D eigenvalue weighted by molar-refractivity contribution is 0.307. The Labute approximate surface area is 133 Å². The summed E-state index contributed by atoms with van der Waals surface area (Å²) in [6.07, 6.45) is 1.69. The lowest BCUT2D eigenvalue weighted by Crippen LogP contribution is -1.96. The van der Waals surface area contributed by atoms with Gasteiger partial charge in [-0.1, -0.05) is 42.5 Å². The van der Waals surface area contributed by atoms with Gasteiger partial charge in [0.1, 0.15) is 17.9 Å². The van der Waals surface area contributed by atoms with Crippen molar-refractivity contribution < 1.29 is 9.15 Å². The van der Waals surface area contributed by atoms with Crippen LogP contribution in [0.4, 0.5) is 0 Å². The summed E-state index contributed by atoms with van der Waals surface area (Å²) in [5.74, 6) is 1.25. The fourth-order valence-electron chi connectivity index (χ4n) is 2.39. The Balaban J connectivity index is 1.66. The summed E-state index contributed by atoms with van der Waals surface area (Å²) in [6.45, 7) is 0.496. The first-order chi connectivity index (χ1) is 11.4. The van der Waals surface area contributed by atoms with Crippen LogP contribution in [0.5, 0.6) is 5.75 Å². The van der Waals surface area contributed by atoms with Gasteiger partial charge in [0.15, 0.2) is 0 Å². The topological polar surface area (TPSA) is 48.2 Å². The van der Waals surface area contributed by atoms with Crippen molar-refractivity contribution in [1.29, 1.82) is 0 Å². The monoisotopic (exact) mass is 302 g/mol. The maximum Gasteiger partial charge on any atom is 0.247 e. The number of nitrogens with zero attached hydrogens (tertiary/aromatic N) is 2. The van der Waals surface area contributed by atoms with Crippen molar-refractivity contribution in [2.45, 2.75) is 6.61 Å². The third-order valence-electron chi connectivity index (χ3n) is 3.52. The summed E-state index contributed by atoms with van der Waals surface area (Å²) in [6, 6.07) is 21.5. The van der Waals surface area contributed by atoms with Gasteiger partial charge in [0.25, 0.3) is 0 Å². The van der Waals surface area contributed by atoms with Crippen LogP contribution in [0.1, 0.15) is 5.56 Å². The molecule has 4 rings (SSSR count). The number of rotatable bonds is 4. The van der Waals surface area contributed by atoms with Gasteiger partial charge in [0.2, 0.25) is 11.6 Å². The van der Waals surface area contributed by atoms with Gasteiger partial charge in [-0.25, -0.2) is 9.97 Å². The van der Waals surface area contributed by atoms with E-state index in [1.54, 1.807) is 6.20 Å². The minimum atomic E-state index is 0.496. The molecule has 4 aromatic rings. The number of para-hydroxylation sites is 1. The second kappa shape index (κ2) is 5.93. The van der Waals surface area contributed by atoms with Gasteiger partial charge < -0.3 is 9.15 Å². The average molecular weight is 302 g/mol. The number of hydrogen-bond donors (Lipinski definition) is 0. The summed E-state index contributed by atoms with van der Waals surface area (Å²) >= 11 is 0. The zero-order chi connectivity index (χ0) is 15.5. The van der Waals surface area contributed by atoms with Crippen LogP contribution in [0.2, 0.25) is 0 Å². The molecule has 4 nitrogen and oxygen atoms in total. The Bertz CT molecular complexity index is 899. The van der Waals surface area contributed by atoms with Crippen LogP contribution in [0.3, 0.4) is 0 Å². The summed E-state index contributed by atoms with van der Waals surface area (Å²) in [5.41, 5.74) is 3.20. The number of hydrogen-bond acceptors (Lipinski definition) is 4. The van der Waals surface area contributed by atoms with Crippen molar-refractivity contribution in [3.8, 4) is 17.2 Å². The molecule has 0 saturated carbocycles. The molecule has 0 fully saturated rings. The van der Waals surface area contributed by atoms with Gasteiger partial charge in [-0.05, 0) is 29.8 Å². The fraction of sp³-hybridized carbons (Fsp3) is 0.0526. The zero-order valence-electron chi connectivity index (χ0n) is 12.3. The Kier molecular flexibility index (Phi) is 3.48. The maximum atomic E-state index is 5.95. The summed E-state index contributed by atoms with van der Waals surface area (Å²) in [7, 11) is 0. The van der Waals surface area contributed by atoms with Crippen LogP contribution < -0.4 is 4.74 Å². The molecule has 0 aliphatic carbocycles. The molecule has 0 aliphatic rings. The first-order valence-corrected chi connectivity index (χ1v) is 7.38. The number of oxazole rings is 1. The predicted octanol–water partition coefficient (Wildman–Crippen LogP) is 4.47. The van der Waals surface area contributed by atoms with Gasteiger partial charge in [-0.2, -0.15) is 0 Å². The largest absolute Gasteiger partial charge is 0.488 e. The van der Waals surface area contributed by atoms with Crippen LogP contribution in [0, 0.1) is 0 Å². The molecule has 0 bridgehead atoms. The van der Waals surface area contributed by atoms with Crippen LogP contribution in [0.15, 0.2) is 77.3 Å². The molecule has 0 atom stereocenters. The predicted molar refractivity (Wildman–Crippen MR) is 88.0 cm³/mol. The van der Waals surface area contributed by atoms with Crippen LogP contribution >= 0.6 is 0 Å². The van der Waals surface area contributed by atoms with E-state index in [1.807, 2.05) is 66.7 Å². The number of pyridine rings is 1. The lowest BCUT2D eigenvalue weighted by Gasteiger charge is -2.09.